The average molecular weight is 261 g/mol. The number of primary amides is 1. The van der Waals surface area contributed by atoms with Gasteiger partial charge < -0.3 is 11.5 Å². The molecule has 4 N–H and O–H groups in total. The highest BCUT2D eigenvalue weighted by atomic mass is 16.1. The summed E-state index contributed by atoms with van der Waals surface area (Å²) in [5.41, 5.74) is 14.6. The van der Waals surface area contributed by atoms with Crippen LogP contribution in [0, 0.1) is 12.8 Å². The summed E-state index contributed by atoms with van der Waals surface area (Å²) in [6.07, 6.45) is 1.93. The van der Waals surface area contributed by atoms with Gasteiger partial charge >= 0.3 is 0 Å². The Hall–Kier alpha value is -1.55. The third kappa shape index (κ3) is 3.07. The lowest BCUT2D eigenvalue weighted by Crippen LogP contribution is -2.45. The molecule has 19 heavy (non-hydrogen) atoms. The molecular weight excluding hydrogens is 238 g/mol. The van der Waals surface area contributed by atoms with Crippen LogP contribution in [0.2, 0.25) is 0 Å². The first kappa shape index (κ1) is 13.9. The second-order valence-electron chi connectivity index (χ2n) is 5.59. The maximum absolute atomic E-state index is 11.4. The first-order valence-electron chi connectivity index (χ1n) is 6.86. The van der Waals surface area contributed by atoms with Crippen molar-refractivity contribution in [2.24, 2.45) is 11.7 Å². The minimum atomic E-state index is -0.179. The van der Waals surface area contributed by atoms with Crippen LogP contribution < -0.4 is 11.5 Å². The predicted octanol–water partition coefficient (Wildman–Crippen LogP) is 1.66. The monoisotopic (exact) mass is 261 g/mol. The number of amides is 1. The molecule has 0 spiro atoms. The maximum atomic E-state index is 11.4. The van der Waals surface area contributed by atoms with Crippen molar-refractivity contribution in [2.45, 2.75) is 39.3 Å². The fourth-order valence-corrected chi connectivity index (χ4v) is 2.73. The van der Waals surface area contributed by atoms with Gasteiger partial charge in [0.05, 0.1) is 5.92 Å². The molecule has 1 aromatic carbocycles. The Morgan fingerprint density at radius 1 is 1.42 bits per heavy atom. The number of likely N-dealkylation sites (tertiary alicyclic amines) is 1. The summed E-state index contributed by atoms with van der Waals surface area (Å²) in [5.74, 6) is -0.196. The van der Waals surface area contributed by atoms with E-state index in [2.05, 4.69) is 17.9 Å². The van der Waals surface area contributed by atoms with Gasteiger partial charge in [-0.25, -0.2) is 0 Å². The van der Waals surface area contributed by atoms with Gasteiger partial charge in [0.2, 0.25) is 5.91 Å². The lowest BCUT2D eigenvalue weighted by atomic mass is 9.92. The minimum Gasteiger partial charge on any atom is -0.399 e. The molecule has 0 aliphatic carbocycles. The van der Waals surface area contributed by atoms with Gasteiger partial charge in [0.1, 0.15) is 0 Å². The molecule has 1 fully saturated rings. The third-order valence-corrected chi connectivity index (χ3v) is 4.27. The summed E-state index contributed by atoms with van der Waals surface area (Å²) < 4.78 is 0. The average Bonchev–Trinajstić information content (AvgIpc) is 2.37. The number of rotatable bonds is 3. The third-order valence-electron chi connectivity index (χ3n) is 4.27. The normalized spacial score (nSPS) is 24.3. The summed E-state index contributed by atoms with van der Waals surface area (Å²) in [7, 11) is 0. The van der Waals surface area contributed by atoms with Crippen molar-refractivity contribution in [2.75, 3.05) is 12.3 Å². The highest BCUT2D eigenvalue weighted by molar-refractivity contribution is 5.77. The highest BCUT2D eigenvalue weighted by Gasteiger charge is 2.28. The van der Waals surface area contributed by atoms with E-state index in [9.17, 15) is 4.79 Å². The quantitative estimate of drug-likeness (QED) is 0.813. The number of nitrogen functional groups attached to an aromatic ring is 1. The number of piperidine rings is 1. The Balaban J connectivity index is 2.12. The van der Waals surface area contributed by atoms with Crippen molar-refractivity contribution >= 4 is 11.6 Å². The molecule has 1 saturated heterocycles. The molecule has 1 aromatic rings. The van der Waals surface area contributed by atoms with Gasteiger partial charge in [0.15, 0.2) is 0 Å². The van der Waals surface area contributed by atoms with Gasteiger partial charge in [-0.2, -0.15) is 0 Å². The number of carbonyl (C=O) groups is 1. The molecule has 2 atom stereocenters. The summed E-state index contributed by atoms with van der Waals surface area (Å²) in [6, 6.07) is 6.49. The number of anilines is 1. The van der Waals surface area contributed by atoms with Crippen molar-refractivity contribution in [3.63, 3.8) is 0 Å². The van der Waals surface area contributed by atoms with Crippen molar-refractivity contribution in [1.82, 2.24) is 4.90 Å². The van der Waals surface area contributed by atoms with E-state index in [0.29, 0.717) is 6.04 Å². The Labute approximate surface area is 114 Å². The summed E-state index contributed by atoms with van der Waals surface area (Å²) in [5, 5.41) is 0. The highest BCUT2D eigenvalue weighted by Crippen LogP contribution is 2.25. The second-order valence-corrected chi connectivity index (χ2v) is 5.59. The zero-order valence-electron chi connectivity index (χ0n) is 11.7. The summed E-state index contributed by atoms with van der Waals surface area (Å²) >= 11 is 0. The van der Waals surface area contributed by atoms with Crippen LogP contribution in [-0.2, 0) is 11.3 Å². The number of carbonyl (C=O) groups excluding carboxylic acids is 1. The van der Waals surface area contributed by atoms with Crippen LogP contribution in [0.15, 0.2) is 18.2 Å². The van der Waals surface area contributed by atoms with Crippen LogP contribution in [0.1, 0.15) is 30.9 Å². The van der Waals surface area contributed by atoms with Crippen LogP contribution in [0.3, 0.4) is 0 Å². The van der Waals surface area contributed by atoms with E-state index >= 15 is 0 Å². The summed E-state index contributed by atoms with van der Waals surface area (Å²) in [6.45, 7) is 5.84. The number of hydrogen-bond acceptors (Lipinski definition) is 3. The molecule has 104 valence electrons. The van der Waals surface area contributed by atoms with Crippen molar-refractivity contribution in [3.05, 3.63) is 29.3 Å². The topological polar surface area (TPSA) is 72.3 Å². The Kier molecular flexibility index (Phi) is 4.10. The minimum absolute atomic E-state index is 0.0161. The van der Waals surface area contributed by atoms with Gasteiger partial charge in [0.25, 0.3) is 0 Å². The van der Waals surface area contributed by atoms with Crippen molar-refractivity contribution in [3.8, 4) is 0 Å². The van der Waals surface area contributed by atoms with E-state index < -0.39 is 0 Å². The standard InChI is InChI=1S/C15H23N3O/c1-10-6-7-13(15(17)19)9-18(10)8-12-4-3-5-14(16)11(12)2/h3-5,10,13H,6-9,16H2,1-2H3,(H2,17,19). The molecule has 0 bridgehead atoms. The van der Waals surface area contributed by atoms with E-state index in [4.69, 9.17) is 11.5 Å². The van der Waals surface area contributed by atoms with E-state index in [-0.39, 0.29) is 11.8 Å². The van der Waals surface area contributed by atoms with Crippen molar-refractivity contribution < 1.29 is 4.79 Å². The van der Waals surface area contributed by atoms with E-state index in [0.717, 1.165) is 37.2 Å². The van der Waals surface area contributed by atoms with Gasteiger partial charge in [0, 0.05) is 24.8 Å². The van der Waals surface area contributed by atoms with Crippen LogP contribution in [0.4, 0.5) is 5.69 Å². The number of nitrogens with two attached hydrogens (primary N) is 2. The Morgan fingerprint density at radius 2 is 2.16 bits per heavy atom. The molecule has 2 rings (SSSR count). The molecule has 4 nitrogen and oxygen atoms in total. The lowest BCUT2D eigenvalue weighted by molar-refractivity contribution is -0.124. The first-order valence-corrected chi connectivity index (χ1v) is 6.86. The van der Waals surface area contributed by atoms with Crippen LogP contribution >= 0.6 is 0 Å². The molecule has 0 radical (unpaired) electrons. The molecule has 1 aliphatic rings. The molecule has 2 unspecified atom stereocenters. The zero-order chi connectivity index (χ0) is 14.0. The molecule has 4 heteroatoms. The number of benzene rings is 1. The zero-order valence-corrected chi connectivity index (χ0v) is 11.7. The van der Waals surface area contributed by atoms with Crippen LogP contribution in [0.25, 0.3) is 0 Å². The predicted molar refractivity (Wildman–Crippen MR) is 77.4 cm³/mol. The van der Waals surface area contributed by atoms with Crippen LogP contribution in [0.5, 0.6) is 0 Å². The Bertz CT molecular complexity index is 472. The SMILES string of the molecule is Cc1c(N)cccc1CN1CC(C(N)=O)CCC1C. The molecule has 1 heterocycles. The smallest absolute Gasteiger partial charge is 0.221 e. The van der Waals surface area contributed by atoms with E-state index in [1.54, 1.807) is 0 Å². The summed E-state index contributed by atoms with van der Waals surface area (Å²) in [4.78, 5) is 13.7. The maximum Gasteiger partial charge on any atom is 0.221 e. The number of nitrogens with zero attached hydrogens (tertiary/aromatic N) is 1. The van der Waals surface area contributed by atoms with Crippen LogP contribution in [-0.4, -0.2) is 23.4 Å². The lowest BCUT2D eigenvalue weighted by Gasteiger charge is -2.37. The van der Waals surface area contributed by atoms with E-state index in [1.807, 2.05) is 19.1 Å². The molecule has 1 amide bonds. The second kappa shape index (κ2) is 5.61. The van der Waals surface area contributed by atoms with Gasteiger partial charge in [-0.05, 0) is 43.9 Å². The van der Waals surface area contributed by atoms with E-state index in [1.165, 1.54) is 5.56 Å². The fourth-order valence-electron chi connectivity index (χ4n) is 2.73. The van der Waals surface area contributed by atoms with Crippen molar-refractivity contribution in [1.29, 1.82) is 0 Å². The molecule has 0 saturated carbocycles. The fraction of sp³-hybridized carbons (Fsp3) is 0.533. The van der Waals surface area contributed by atoms with Gasteiger partial charge in [-0.1, -0.05) is 12.1 Å². The van der Waals surface area contributed by atoms with Gasteiger partial charge in [-0.3, -0.25) is 9.69 Å². The largest absolute Gasteiger partial charge is 0.399 e. The number of hydrogen-bond donors (Lipinski definition) is 2. The van der Waals surface area contributed by atoms with Gasteiger partial charge in [-0.15, -0.1) is 0 Å². The molecule has 1 aliphatic heterocycles. The molecule has 0 aromatic heterocycles. The molecular formula is C15H23N3O. The Morgan fingerprint density at radius 3 is 2.84 bits per heavy atom. The first-order chi connectivity index (χ1) is 8.99.